The molecule has 0 aliphatic heterocycles. The molecule has 2 aliphatic carbocycles. The summed E-state index contributed by atoms with van der Waals surface area (Å²) in [6.07, 6.45) is 9.37. The summed E-state index contributed by atoms with van der Waals surface area (Å²) >= 11 is 0. The van der Waals surface area contributed by atoms with Gasteiger partial charge in [0.15, 0.2) is 0 Å². The lowest BCUT2D eigenvalue weighted by Crippen LogP contribution is -2.11. The zero-order chi connectivity index (χ0) is 11.2. The fourth-order valence-electron chi connectivity index (χ4n) is 3.82. The van der Waals surface area contributed by atoms with Crippen LogP contribution in [-0.2, 0) is 25.7 Å². The summed E-state index contributed by atoms with van der Waals surface area (Å²) in [4.78, 5) is 0. The van der Waals surface area contributed by atoms with Crippen LogP contribution in [0.1, 0.15) is 41.5 Å². The minimum atomic E-state index is 1.28. The van der Waals surface area contributed by atoms with E-state index in [1.165, 1.54) is 50.3 Å². The van der Waals surface area contributed by atoms with Crippen LogP contribution in [0.15, 0.2) is 24.3 Å². The van der Waals surface area contributed by atoms with Gasteiger partial charge >= 0.3 is 0 Å². The van der Waals surface area contributed by atoms with Crippen LogP contribution in [0, 0.1) is 0 Å². The summed E-state index contributed by atoms with van der Waals surface area (Å²) in [6, 6.07) is 9.35. The average molecular weight is 222 g/mol. The van der Waals surface area contributed by atoms with Gasteiger partial charge in [-0.05, 0) is 78.0 Å². The normalized spacial score (nSPS) is 18.1. The van der Waals surface area contributed by atoms with E-state index in [0.29, 0.717) is 0 Å². The summed E-state index contributed by atoms with van der Waals surface area (Å²) in [7, 11) is 0. The van der Waals surface area contributed by atoms with Crippen LogP contribution in [0.3, 0.4) is 0 Å². The number of hydrogen-bond donors (Lipinski definition) is 0. The lowest BCUT2D eigenvalue weighted by atomic mass is 9.79. The van der Waals surface area contributed by atoms with Crippen molar-refractivity contribution < 1.29 is 0 Å². The van der Waals surface area contributed by atoms with Gasteiger partial charge in [0.1, 0.15) is 0 Å². The maximum absolute atomic E-state index is 2.47. The smallest absolute Gasteiger partial charge is 0.0117 e. The largest absolute Gasteiger partial charge is 0.0614 e. The molecule has 0 radical (unpaired) electrons. The van der Waals surface area contributed by atoms with Gasteiger partial charge in [-0.1, -0.05) is 24.3 Å². The number of rotatable bonds is 0. The molecule has 0 aromatic heterocycles. The second-order valence-corrected chi connectivity index (χ2v) is 5.57. The monoisotopic (exact) mass is 222 g/mol. The first kappa shape index (κ1) is 9.70. The third kappa shape index (κ3) is 1.36. The molecule has 86 valence electrons. The lowest BCUT2D eigenvalue weighted by molar-refractivity contribution is 0.673. The fourth-order valence-corrected chi connectivity index (χ4v) is 3.82. The van der Waals surface area contributed by atoms with Crippen LogP contribution in [0.5, 0.6) is 0 Å². The second-order valence-electron chi connectivity index (χ2n) is 5.57. The maximum atomic E-state index is 2.47. The Morgan fingerprint density at radius 2 is 1.53 bits per heavy atom. The molecule has 4 rings (SSSR count). The molecule has 2 aliphatic rings. The molecule has 0 N–H and O–H groups in total. The van der Waals surface area contributed by atoms with E-state index in [1.807, 2.05) is 0 Å². The van der Waals surface area contributed by atoms with Crippen molar-refractivity contribution in [1.82, 2.24) is 0 Å². The Bertz CT molecular complexity index is 593. The first-order valence-corrected chi connectivity index (χ1v) is 6.99. The first-order valence-electron chi connectivity index (χ1n) is 6.99. The van der Waals surface area contributed by atoms with Crippen LogP contribution in [0.25, 0.3) is 10.8 Å². The predicted octanol–water partition coefficient (Wildman–Crippen LogP) is 4.21. The average Bonchev–Trinajstić information content (AvgIpc) is 2.39. The highest BCUT2D eigenvalue weighted by molar-refractivity contribution is 5.91. The summed E-state index contributed by atoms with van der Waals surface area (Å²) in [5, 5.41) is 3.11. The molecule has 0 fully saturated rings. The summed E-state index contributed by atoms with van der Waals surface area (Å²) in [5.74, 6) is 0. The van der Waals surface area contributed by atoms with E-state index in [-0.39, 0.29) is 0 Å². The third-order valence-electron chi connectivity index (χ3n) is 4.56. The highest BCUT2D eigenvalue weighted by Gasteiger charge is 2.20. The fraction of sp³-hybridized carbons (Fsp3) is 0.412. The van der Waals surface area contributed by atoms with Crippen molar-refractivity contribution in [2.45, 2.75) is 44.9 Å². The Morgan fingerprint density at radius 3 is 2.53 bits per heavy atom. The Hall–Kier alpha value is -1.30. The van der Waals surface area contributed by atoms with Gasteiger partial charge in [0, 0.05) is 0 Å². The number of fused-ring (bicyclic) bond motifs is 2. The Balaban J connectivity index is 2.13. The molecule has 0 bridgehead atoms. The molecule has 2 aromatic carbocycles. The SMILES string of the molecule is c1cc2c3c(c4c(cc3c1)CCCC4)CCC2. The van der Waals surface area contributed by atoms with E-state index >= 15 is 0 Å². The summed E-state index contributed by atoms with van der Waals surface area (Å²) in [6.45, 7) is 0. The van der Waals surface area contributed by atoms with E-state index in [4.69, 9.17) is 0 Å². The zero-order valence-corrected chi connectivity index (χ0v) is 10.3. The molecule has 2 aromatic rings. The van der Waals surface area contributed by atoms with Gasteiger partial charge in [-0.15, -0.1) is 0 Å². The number of benzene rings is 2. The van der Waals surface area contributed by atoms with Crippen molar-refractivity contribution >= 4 is 10.8 Å². The maximum Gasteiger partial charge on any atom is -0.0117 e. The summed E-state index contributed by atoms with van der Waals surface area (Å²) in [5.41, 5.74) is 6.67. The van der Waals surface area contributed by atoms with Crippen LogP contribution >= 0.6 is 0 Å². The third-order valence-corrected chi connectivity index (χ3v) is 4.56. The quantitative estimate of drug-likeness (QED) is 0.626. The van der Waals surface area contributed by atoms with Crippen molar-refractivity contribution in [3.8, 4) is 0 Å². The zero-order valence-electron chi connectivity index (χ0n) is 10.3. The van der Waals surface area contributed by atoms with E-state index < -0.39 is 0 Å². The molecule has 0 heteroatoms. The molecule has 0 amide bonds. The molecule has 0 saturated carbocycles. The highest BCUT2D eigenvalue weighted by Crippen LogP contribution is 2.36. The van der Waals surface area contributed by atoms with Gasteiger partial charge in [-0.25, -0.2) is 0 Å². The predicted molar refractivity (Wildman–Crippen MR) is 72.6 cm³/mol. The van der Waals surface area contributed by atoms with Crippen LogP contribution in [0.2, 0.25) is 0 Å². The Labute approximate surface area is 103 Å². The van der Waals surface area contributed by atoms with E-state index in [1.54, 1.807) is 27.6 Å². The van der Waals surface area contributed by atoms with Crippen LogP contribution in [-0.4, -0.2) is 0 Å². The molecule has 0 atom stereocenters. The highest BCUT2D eigenvalue weighted by atomic mass is 14.2. The van der Waals surface area contributed by atoms with Gasteiger partial charge in [0.2, 0.25) is 0 Å². The molecular weight excluding hydrogens is 204 g/mol. The molecule has 0 heterocycles. The van der Waals surface area contributed by atoms with Gasteiger partial charge in [-0.3, -0.25) is 0 Å². The van der Waals surface area contributed by atoms with Gasteiger partial charge in [0.25, 0.3) is 0 Å². The van der Waals surface area contributed by atoms with E-state index in [9.17, 15) is 0 Å². The minimum absolute atomic E-state index is 1.28. The molecule has 17 heavy (non-hydrogen) atoms. The Kier molecular flexibility index (Phi) is 2.05. The molecule has 0 nitrogen and oxygen atoms in total. The Morgan fingerprint density at radius 1 is 0.706 bits per heavy atom. The van der Waals surface area contributed by atoms with Crippen molar-refractivity contribution in [2.24, 2.45) is 0 Å². The van der Waals surface area contributed by atoms with E-state index in [0.717, 1.165) is 0 Å². The van der Waals surface area contributed by atoms with Gasteiger partial charge in [0.05, 0.1) is 0 Å². The van der Waals surface area contributed by atoms with Crippen LogP contribution in [0.4, 0.5) is 0 Å². The van der Waals surface area contributed by atoms with Gasteiger partial charge in [-0.2, -0.15) is 0 Å². The van der Waals surface area contributed by atoms with E-state index in [2.05, 4.69) is 24.3 Å². The van der Waals surface area contributed by atoms with Crippen molar-refractivity contribution in [2.75, 3.05) is 0 Å². The van der Waals surface area contributed by atoms with Crippen molar-refractivity contribution in [1.29, 1.82) is 0 Å². The lowest BCUT2D eigenvalue weighted by Gasteiger charge is -2.25. The number of hydrogen-bond acceptors (Lipinski definition) is 0. The molecular formula is C17H18. The minimum Gasteiger partial charge on any atom is -0.0614 e. The van der Waals surface area contributed by atoms with Crippen molar-refractivity contribution in [3.63, 3.8) is 0 Å². The molecule has 0 spiro atoms. The van der Waals surface area contributed by atoms with Crippen LogP contribution < -0.4 is 0 Å². The van der Waals surface area contributed by atoms with Gasteiger partial charge < -0.3 is 0 Å². The first-order chi connectivity index (χ1) is 8.43. The van der Waals surface area contributed by atoms with Crippen molar-refractivity contribution in [3.05, 3.63) is 46.5 Å². The molecule has 0 saturated heterocycles. The number of aryl methyl sites for hydroxylation is 3. The second kappa shape index (κ2) is 3.60. The molecule has 0 unspecified atom stereocenters. The topological polar surface area (TPSA) is 0 Å². The summed E-state index contributed by atoms with van der Waals surface area (Å²) < 4.78 is 0. The standard InChI is InChI=1S/C17H18/c1-2-9-15-13(5-1)11-14-8-3-6-12-7-4-10-16(15)17(12)14/h3,6,8,11H,1-2,4-5,7,9-10H2.